The molecule has 1 aliphatic heterocycles. The molecular formula is C42H66N2O5S. The molecule has 8 atom stereocenters. The number of methoxy groups -OCH3 is 1. The molecular weight excluding hydrogens is 645 g/mol. The van der Waals surface area contributed by atoms with Crippen LogP contribution in [0.4, 0.5) is 0 Å². The monoisotopic (exact) mass is 710 g/mol. The van der Waals surface area contributed by atoms with Gasteiger partial charge in [-0.1, -0.05) is 45.9 Å². The lowest BCUT2D eigenvalue weighted by Crippen LogP contribution is -2.62. The summed E-state index contributed by atoms with van der Waals surface area (Å²) in [6.07, 6.45) is 15.4. The van der Waals surface area contributed by atoms with Crippen molar-refractivity contribution < 1.29 is 24.0 Å². The summed E-state index contributed by atoms with van der Waals surface area (Å²) in [6.45, 7) is 16.4. The fraction of sp³-hybridized carbons (Fsp3) is 0.786. The molecule has 1 heterocycles. The van der Waals surface area contributed by atoms with Crippen molar-refractivity contribution >= 4 is 22.3 Å². The number of rotatable bonds is 12. The third-order valence-corrected chi connectivity index (χ3v) is 16.2. The van der Waals surface area contributed by atoms with Crippen LogP contribution in [-0.2, 0) is 15.5 Å². The standard InChI is InChI=1S/C42H66N2O5S/c1-38(2)33(30-8-10-31(11-9-30)37(45)46)14-19-41(5)35(38)16-20-40(4)34-15-21-42(28-32(34)12-13-36(40)41,18-7-17-39(3,47)29-49-6)43-22-23-44-24-26-50(48)27-25-44/h8-11,14,32,34-36,43,47H,7,12-13,15-29H2,1-6H3,(H,45,46). The first-order chi connectivity index (χ1) is 23.6. The van der Waals surface area contributed by atoms with Gasteiger partial charge in [0.15, 0.2) is 0 Å². The van der Waals surface area contributed by atoms with E-state index in [-0.39, 0.29) is 16.4 Å². The summed E-state index contributed by atoms with van der Waals surface area (Å²) in [6, 6.07) is 7.57. The summed E-state index contributed by atoms with van der Waals surface area (Å²) >= 11 is 0. The molecule has 1 aromatic rings. The van der Waals surface area contributed by atoms with E-state index in [4.69, 9.17) is 4.74 Å². The van der Waals surface area contributed by atoms with Crippen LogP contribution in [-0.4, -0.2) is 87.8 Å². The molecule has 4 fully saturated rings. The molecule has 5 aliphatic rings. The minimum atomic E-state index is -0.869. The molecule has 0 amide bonds. The Kier molecular flexibility index (Phi) is 11.2. The van der Waals surface area contributed by atoms with Crippen molar-refractivity contribution in [1.29, 1.82) is 0 Å². The van der Waals surface area contributed by atoms with E-state index >= 15 is 0 Å². The van der Waals surface area contributed by atoms with Gasteiger partial charge < -0.3 is 25.2 Å². The average molecular weight is 711 g/mol. The third-order valence-electron chi connectivity index (χ3n) is 15.0. The van der Waals surface area contributed by atoms with Crippen LogP contribution in [0, 0.1) is 39.9 Å². The number of benzene rings is 1. The predicted octanol–water partition coefficient (Wildman–Crippen LogP) is 7.41. The summed E-state index contributed by atoms with van der Waals surface area (Å²) in [5, 5.41) is 24.5. The van der Waals surface area contributed by atoms with Crippen LogP contribution in [0.3, 0.4) is 0 Å². The van der Waals surface area contributed by atoms with Crippen molar-refractivity contribution in [2.45, 2.75) is 116 Å². The SMILES string of the molecule is COCC(C)(O)CCCC1(NCCN2CCS(=O)CC2)CCC2C(CCC3C2(C)CCC2C(C)(C)C(c4ccc(C(=O)O)cc4)=CCC23C)C1. The van der Waals surface area contributed by atoms with E-state index in [1.165, 1.54) is 56.1 Å². The molecule has 3 saturated carbocycles. The summed E-state index contributed by atoms with van der Waals surface area (Å²) in [5.74, 6) is 3.51. The van der Waals surface area contributed by atoms with Gasteiger partial charge in [-0.15, -0.1) is 0 Å². The Balaban J connectivity index is 1.18. The van der Waals surface area contributed by atoms with Crippen LogP contribution in [0.5, 0.6) is 0 Å². The van der Waals surface area contributed by atoms with E-state index in [0.717, 1.165) is 75.2 Å². The smallest absolute Gasteiger partial charge is 0.335 e. The fourth-order valence-corrected chi connectivity index (χ4v) is 13.7. The maximum absolute atomic E-state index is 11.9. The maximum atomic E-state index is 11.9. The lowest BCUT2D eigenvalue weighted by molar-refractivity contribution is -0.163. The highest BCUT2D eigenvalue weighted by Crippen LogP contribution is 2.71. The van der Waals surface area contributed by atoms with E-state index in [1.54, 1.807) is 19.2 Å². The molecule has 0 radical (unpaired) electrons. The van der Waals surface area contributed by atoms with Crippen molar-refractivity contribution in [3.05, 3.63) is 41.5 Å². The number of ether oxygens (including phenoxy) is 1. The molecule has 8 heteroatoms. The van der Waals surface area contributed by atoms with Crippen LogP contribution in [0.15, 0.2) is 30.3 Å². The lowest BCUT2D eigenvalue weighted by Gasteiger charge is -2.68. The van der Waals surface area contributed by atoms with Gasteiger partial charge in [0.2, 0.25) is 0 Å². The van der Waals surface area contributed by atoms with Crippen LogP contribution in [0.1, 0.15) is 121 Å². The Morgan fingerprint density at radius 2 is 1.74 bits per heavy atom. The number of allylic oxidation sites excluding steroid dienone is 2. The van der Waals surface area contributed by atoms with E-state index in [9.17, 15) is 19.2 Å². The van der Waals surface area contributed by atoms with Gasteiger partial charge in [0.25, 0.3) is 0 Å². The molecule has 1 saturated heterocycles. The molecule has 280 valence electrons. The number of hydrogen-bond donors (Lipinski definition) is 3. The number of fused-ring (bicyclic) bond motifs is 5. The Morgan fingerprint density at radius 3 is 2.42 bits per heavy atom. The third kappa shape index (κ3) is 7.44. The van der Waals surface area contributed by atoms with Crippen molar-refractivity contribution in [3.8, 4) is 0 Å². The molecule has 0 spiro atoms. The molecule has 4 aliphatic carbocycles. The van der Waals surface area contributed by atoms with Crippen molar-refractivity contribution in [3.63, 3.8) is 0 Å². The highest BCUT2D eigenvalue weighted by Gasteiger charge is 2.63. The van der Waals surface area contributed by atoms with Gasteiger partial charge in [-0.05, 0) is 141 Å². The molecule has 50 heavy (non-hydrogen) atoms. The van der Waals surface area contributed by atoms with Crippen molar-refractivity contribution in [2.24, 2.45) is 39.9 Å². The van der Waals surface area contributed by atoms with Crippen molar-refractivity contribution in [2.75, 3.05) is 51.4 Å². The minimum absolute atomic E-state index is 0.0228. The van der Waals surface area contributed by atoms with E-state index in [0.29, 0.717) is 29.4 Å². The normalized spacial score (nSPS) is 37.1. The Hall–Kier alpha value is -1.58. The number of nitrogens with one attached hydrogen (secondary N) is 1. The fourth-order valence-electron chi connectivity index (χ4n) is 12.6. The van der Waals surface area contributed by atoms with E-state index in [2.05, 4.69) is 44.0 Å². The zero-order valence-electron chi connectivity index (χ0n) is 31.9. The van der Waals surface area contributed by atoms with Crippen molar-refractivity contribution in [1.82, 2.24) is 10.2 Å². The molecule has 8 unspecified atom stereocenters. The Morgan fingerprint density at radius 1 is 1.02 bits per heavy atom. The van der Waals surface area contributed by atoms with E-state index < -0.39 is 22.4 Å². The summed E-state index contributed by atoms with van der Waals surface area (Å²) < 4.78 is 17.3. The topological polar surface area (TPSA) is 99.1 Å². The first kappa shape index (κ1) is 38.2. The Bertz CT molecular complexity index is 1420. The number of aliphatic hydroxyl groups is 1. The number of carboxylic acids is 1. The van der Waals surface area contributed by atoms with Gasteiger partial charge >= 0.3 is 5.97 Å². The molecule has 3 N–H and O–H groups in total. The second kappa shape index (κ2) is 14.7. The highest BCUT2D eigenvalue weighted by molar-refractivity contribution is 7.85. The summed E-state index contributed by atoms with van der Waals surface area (Å²) in [7, 11) is 1.03. The Labute approximate surface area is 304 Å². The second-order valence-electron chi connectivity index (χ2n) is 18.4. The maximum Gasteiger partial charge on any atom is 0.335 e. The molecule has 0 bridgehead atoms. The number of nitrogens with zero attached hydrogens (tertiary/aromatic N) is 1. The minimum Gasteiger partial charge on any atom is -0.478 e. The van der Waals surface area contributed by atoms with Gasteiger partial charge in [0.05, 0.1) is 17.8 Å². The van der Waals surface area contributed by atoms with E-state index in [1.807, 2.05) is 19.1 Å². The molecule has 6 rings (SSSR count). The van der Waals surface area contributed by atoms with Crippen LogP contribution >= 0.6 is 0 Å². The zero-order valence-corrected chi connectivity index (χ0v) is 32.7. The number of carbonyl (C=O) groups is 1. The number of carboxylic acid groups (broad SMARTS) is 1. The first-order valence-electron chi connectivity index (χ1n) is 19.7. The molecule has 1 aromatic carbocycles. The van der Waals surface area contributed by atoms with Gasteiger partial charge in [-0.2, -0.15) is 0 Å². The van der Waals surface area contributed by atoms with Crippen LogP contribution in [0.2, 0.25) is 0 Å². The zero-order chi connectivity index (χ0) is 36.0. The summed E-state index contributed by atoms with van der Waals surface area (Å²) in [4.78, 5) is 14.0. The molecule has 0 aromatic heterocycles. The van der Waals surface area contributed by atoms with Gasteiger partial charge in [-0.25, -0.2) is 4.79 Å². The average Bonchev–Trinajstić information content (AvgIpc) is 3.05. The second-order valence-corrected chi connectivity index (χ2v) is 20.1. The summed E-state index contributed by atoms with van der Waals surface area (Å²) in [5.41, 5.74) is 2.85. The van der Waals surface area contributed by atoms with Gasteiger partial charge in [0, 0.05) is 61.1 Å². The van der Waals surface area contributed by atoms with Gasteiger partial charge in [-0.3, -0.25) is 4.21 Å². The predicted molar refractivity (Wildman–Crippen MR) is 204 cm³/mol. The van der Waals surface area contributed by atoms with Crippen LogP contribution in [0.25, 0.3) is 5.57 Å². The largest absolute Gasteiger partial charge is 0.478 e. The number of hydrogen-bond acceptors (Lipinski definition) is 6. The molecule has 7 nitrogen and oxygen atoms in total. The van der Waals surface area contributed by atoms with Gasteiger partial charge in [0.1, 0.15) is 0 Å². The number of aromatic carboxylic acids is 1. The lowest BCUT2D eigenvalue weighted by atomic mass is 9.37. The highest BCUT2D eigenvalue weighted by atomic mass is 32.2. The first-order valence-corrected chi connectivity index (χ1v) is 21.2. The van der Waals surface area contributed by atoms with Crippen LogP contribution < -0.4 is 5.32 Å². The quantitative estimate of drug-likeness (QED) is 0.208.